The van der Waals surface area contributed by atoms with Gasteiger partial charge in [-0.3, -0.25) is 14.7 Å². The van der Waals surface area contributed by atoms with Crippen LogP contribution in [-0.2, 0) is 22.4 Å². The van der Waals surface area contributed by atoms with Gasteiger partial charge in [-0.05, 0) is 54.7 Å². The Morgan fingerprint density at radius 1 is 0.931 bits per heavy atom. The van der Waals surface area contributed by atoms with E-state index >= 15 is 0 Å². The Morgan fingerprint density at radius 3 is 2.03 bits per heavy atom. The molecule has 4 rings (SSSR count). The zero-order chi connectivity index (χ0) is 20.2. The fraction of sp³-hybridized carbons (Fsp3) is 0.208. The van der Waals surface area contributed by atoms with Gasteiger partial charge in [0.15, 0.2) is 6.10 Å². The van der Waals surface area contributed by atoms with Crippen LogP contribution in [0.25, 0.3) is 0 Å². The van der Waals surface area contributed by atoms with E-state index in [4.69, 9.17) is 4.74 Å². The minimum atomic E-state index is -0.880. The van der Waals surface area contributed by atoms with Crippen molar-refractivity contribution in [3.63, 3.8) is 0 Å². The second kappa shape index (κ2) is 8.27. The van der Waals surface area contributed by atoms with Gasteiger partial charge in [0.05, 0.1) is 16.9 Å². The highest BCUT2D eigenvalue weighted by Gasteiger charge is 2.32. The predicted octanol–water partition coefficient (Wildman–Crippen LogP) is 4.48. The van der Waals surface area contributed by atoms with Crippen molar-refractivity contribution >= 4 is 23.3 Å². The summed E-state index contributed by atoms with van der Waals surface area (Å²) in [5.41, 5.74) is 4.28. The molecular formula is C24H22N2O3. The zero-order valence-electron chi connectivity index (χ0n) is 16.2. The number of benzene rings is 2. The van der Waals surface area contributed by atoms with Gasteiger partial charge in [-0.2, -0.15) is 0 Å². The van der Waals surface area contributed by atoms with Crippen LogP contribution in [0.5, 0.6) is 0 Å². The number of carbonyl (C=O) groups is 2. The minimum Gasteiger partial charge on any atom is -0.449 e. The number of anilines is 2. The lowest BCUT2D eigenvalue weighted by Crippen LogP contribution is -2.39. The molecule has 0 fully saturated rings. The number of amides is 1. The number of rotatable bonds is 4. The van der Waals surface area contributed by atoms with E-state index in [9.17, 15) is 9.59 Å². The molecule has 1 amide bonds. The molecule has 0 aliphatic carbocycles. The summed E-state index contributed by atoms with van der Waals surface area (Å²) in [5.74, 6) is -0.763. The third-order valence-electron chi connectivity index (χ3n) is 5.16. The Morgan fingerprint density at radius 2 is 1.48 bits per heavy atom. The first-order valence-corrected chi connectivity index (χ1v) is 9.80. The summed E-state index contributed by atoms with van der Waals surface area (Å²) >= 11 is 0. The molecule has 146 valence electrons. The van der Waals surface area contributed by atoms with Crippen molar-refractivity contribution in [3.05, 3.63) is 89.7 Å². The Bertz CT molecular complexity index is 986. The average molecular weight is 386 g/mol. The topological polar surface area (TPSA) is 59.5 Å². The molecule has 1 unspecified atom stereocenters. The number of pyridine rings is 1. The number of hydrogen-bond donors (Lipinski definition) is 0. The van der Waals surface area contributed by atoms with Crippen molar-refractivity contribution in [1.82, 2.24) is 4.98 Å². The van der Waals surface area contributed by atoms with Crippen molar-refractivity contribution in [2.75, 3.05) is 4.90 Å². The van der Waals surface area contributed by atoms with Crippen LogP contribution in [0.2, 0.25) is 0 Å². The van der Waals surface area contributed by atoms with E-state index in [2.05, 4.69) is 4.98 Å². The average Bonchev–Trinajstić information content (AvgIpc) is 2.94. The molecule has 1 aliphatic rings. The highest BCUT2D eigenvalue weighted by Crippen LogP contribution is 2.36. The van der Waals surface area contributed by atoms with Crippen molar-refractivity contribution in [1.29, 1.82) is 0 Å². The third-order valence-corrected chi connectivity index (χ3v) is 5.16. The minimum absolute atomic E-state index is 0.239. The van der Waals surface area contributed by atoms with Crippen LogP contribution in [0, 0.1) is 0 Å². The van der Waals surface area contributed by atoms with E-state index in [1.54, 1.807) is 17.0 Å². The second-order valence-corrected chi connectivity index (χ2v) is 6.97. The molecule has 1 aliphatic heterocycles. The third kappa shape index (κ3) is 3.76. The fourth-order valence-electron chi connectivity index (χ4n) is 3.65. The van der Waals surface area contributed by atoms with Gasteiger partial charge in [-0.1, -0.05) is 43.3 Å². The quantitative estimate of drug-likeness (QED) is 0.620. The van der Waals surface area contributed by atoms with E-state index in [1.165, 1.54) is 12.4 Å². The van der Waals surface area contributed by atoms with Crippen LogP contribution in [0.1, 0.15) is 34.8 Å². The monoisotopic (exact) mass is 386 g/mol. The molecule has 1 aromatic heterocycles. The zero-order valence-corrected chi connectivity index (χ0v) is 16.2. The molecule has 5 heteroatoms. The van der Waals surface area contributed by atoms with Crippen molar-refractivity contribution in [2.24, 2.45) is 0 Å². The highest BCUT2D eigenvalue weighted by atomic mass is 16.5. The van der Waals surface area contributed by atoms with Crippen LogP contribution in [0.15, 0.2) is 73.1 Å². The number of carbonyl (C=O) groups excluding carboxylic acids is 2. The summed E-state index contributed by atoms with van der Waals surface area (Å²) in [5, 5.41) is 0. The Hall–Kier alpha value is -3.47. The normalized spacial score (nSPS) is 13.6. The van der Waals surface area contributed by atoms with E-state index in [1.807, 2.05) is 55.5 Å². The SMILES string of the molecule is CCC(OC(=O)c1ccncc1)C(=O)N1c2ccccc2CCc2ccccc21. The van der Waals surface area contributed by atoms with Gasteiger partial charge in [0.25, 0.3) is 5.91 Å². The van der Waals surface area contributed by atoms with Crippen molar-refractivity contribution < 1.29 is 14.3 Å². The first-order chi connectivity index (χ1) is 14.2. The number of nitrogens with zero attached hydrogens (tertiary/aromatic N) is 2. The standard InChI is InChI=1S/C24H22N2O3/c1-2-22(29-24(28)19-13-15-25-16-14-19)23(27)26-20-9-5-3-7-17(20)11-12-18-8-4-6-10-21(18)26/h3-10,13-16,22H,2,11-12H2,1H3. The lowest BCUT2D eigenvalue weighted by atomic mass is 10.0. The first-order valence-electron chi connectivity index (χ1n) is 9.80. The maximum atomic E-state index is 13.6. The van der Waals surface area contributed by atoms with Gasteiger partial charge in [0.2, 0.25) is 0 Å². The van der Waals surface area contributed by atoms with Crippen molar-refractivity contribution in [2.45, 2.75) is 32.3 Å². The maximum Gasteiger partial charge on any atom is 0.339 e. The van der Waals surface area contributed by atoms with Crippen LogP contribution < -0.4 is 4.90 Å². The molecule has 0 spiro atoms. The summed E-state index contributed by atoms with van der Waals surface area (Å²) in [7, 11) is 0. The number of aromatic nitrogens is 1. The molecule has 3 aromatic rings. The summed E-state index contributed by atoms with van der Waals surface area (Å²) in [6.45, 7) is 1.85. The number of fused-ring (bicyclic) bond motifs is 2. The highest BCUT2D eigenvalue weighted by molar-refractivity contribution is 6.05. The van der Waals surface area contributed by atoms with E-state index in [-0.39, 0.29) is 5.91 Å². The summed E-state index contributed by atoms with van der Waals surface area (Å²) in [4.78, 5) is 31.8. The largest absolute Gasteiger partial charge is 0.449 e. The summed E-state index contributed by atoms with van der Waals surface area (Å²) in [6, 6.07) is 19.0. The second-order valence-electron chi connectivity index (χ2n) is 6.97. The number of hydrogen-bond acceptors (Lipinski definition) is 4. The molecule has 0 saturated heterocycles. The molecule has 29 heavy (non-hydrogen) atoms. The van der Waals surface area contributed by atoms with Gasteiger partial charge in [-0.15, -0.1) is 0 Å². The fourth-order valence-corrected chi connectivity index (χ4v) is 3.65. The lowest BCUT2D eigenvalue weighted by molar-refractivity contribution is -0.126. The Balaban J connectivity index is 1.70. The molecule has 5 nitrogen and oxygen atoms in total. The van der Waals surface area contributed by atoms with Gasteiger partial charge in [0, 0.05) is 12.4 Å². The van der Waals surface area contributed by atoms with Gasteiger partial charge in [0.1, 0.15) is 0 Å². The molecule has 2 heterocycles. The summed E-state index contributed by atoms with van der Waals surface area (Å²) in [6.07, 6.45) is 4.27. The molecule has 0 N–H and O–H groups in total. The molecule has 1 atom stereocenters. The van der Waals surface area contributed by atoms with Crippen LogP contribution in [0.4, 0.5) is 11.4 Å². The van der Waals surface area contributed by atoms with Crippen LogP contribution in [0.3, 0.4) is 0 Å². The first kappa shape index (κ1) is 18.9. The predicted molar refractivity (Wildman–Crippen MR) is 111 cm³/mol. The Labute approximate surface area is 170 Å². The lowest BCUT2D eigenvalue weighted by Gasteiger charge is -2.28. The van der Waals surface area contributed by atoms with Gasteiger partial charge >= 0.3 is 5.97 Å². The number of aryl methyl sites for hydroxylation is 2. The smallest absolute Gasteiger partial charge is 0.339 e. The number of para-hydroxylation sites is 2. The molecule has 2 aromatic carbocycles. The summed E-state index contributed by atoms with van der Waals surface area (Å²) < 4.78 is 5.61. The van der Waals surface area contributed by atoms with E-state index in [0.29, 0.717) is 12.0 Å². The van der Waals surface area contributed by atoms with E-state index in [0.717, 1.165) is 35.3 Å². The van der Waals surface area contributed by atoms with Crippen LogP contribution >= 0.6 is 0 Å². The van der Waals surface area contributed by atoms with Gasteiger partial charge < -0.3 is 4.74 Å². The van der Waals surface area contributed by atoms with Gasteiger partial charge in [-0.25, -0.2) is 4.79 Å². The van der Waals surface area contributed by atoms with Crippen molar-refractivity contribution in [3.8, 4) is 0 Å². The molecular weight excluding hydrogens is 364 g/mol. The van der Waals surface area contributed by atoms with E-state index < -0.39 is 12.1 Å². The number of esters is 1. The molecule has 0 radical (unpaired) electrons. The van der Waals surface area contributed by atoms with Crippen LogP contribution in [-0.4, -0.2) is 23.0 Å². The molecule has 0 saturated carbocycles. The maximum absolute atomic E-state index is 13.6. The Kier molecular flexibility index (Phi) is 5.38. The molecule has 0 bridgehead atoms. The number of ether oxygens (including phenoxy) is 1.